The Balaban J connectivity index is 1.41. The molecule has 21 heavy (non-hydrogen) atoms. The van der Waals surface area contributed by atoms with Crippen molar-refractivity contribution >= 4 is 5.91 Å². The highest BCUT2D eigenvalue weighted by atomic mass is 16.2. The lowest BCUT2D eigenvalue weighted by molar-refractivity contribution is -0.130. The molecule has 5 atom stereocenters. The summed E-state index contributed by atoms with van der Waals surface area (Å²) in [6, 6.07) is 2.08. The van der Waals surface area contributed by atoms with Crippen LogP contribution >= 0.6 is 0 Å². The van der Waals surface area contributed by atoms with Crippen molar-refractivity contribution in [2.24, 2.45) is 17.8 Å². The SMILES string of the molecule is N#C[C@@H]1CCCN1C(=O)CNC12CC3CCCC1CC3C2. The summed E-state index contributed by atoms with van der Waals surface area (Å²) >= 11 is 0. The first-order valence-electron chi connectivity index (χ1n) is 8.66. The Hall–Kier alpha value is -1.08. The van der Waals surface area contributed by atoms with Gasteiger partial charge in [0.2, 0.25) is 5.91 Å². The van der Waals surface area contributed by atoms with Crippen LogP contribution in [-0.4, -0.2) is 35.5 Å². The van der Waals surface area contributed by atoms with Gasteiger partial charge in [-0.2, -0.15) is 5.26 Å². The van der Waals surface area contributed by atoms with Crippen LogP contribution in [0, 0.1) is 29.1 Å². The number of hydrogen-bond donors (Lipinski definition) is 1. The normalized spacial score (nSPS) is 44.0. The number of nitriles is 1. The molecule has 1 amide bonds. The van der Waals surface area contributed by atoms with Crippen molar-refractivity contribution in [1.82, 2.24) is 10.2 Å². The predicted octanol–water partition coefficient (Wildman–Crippen LogP) is 2.06. The van der Waals surface area contributed by atoms with Gasteiger partial charge in [0.15, 0.2) is 0 Å². The van der Waals surface area contributed by atoms with Crippen LogP contribution in [-0.2, 0) is 4.79 Å². The number of fused-ring (bicyclic) bond motifs is 2. The molecule has 5 fully saturated rings. The molecule has 4 bridgehead atoms. The minimum Gasteiger partial charge on any atom is -0.326 e. The van der Waals surface area contributed by atoms with E-state index in [9.17, 15) is 4.79 Å². The van der Waals surface area contributed by atoms with Crippen LogP contribution in [0.15, 0.2) is 0 Å². The van der Waals surface area contributed by atoms with Crippen molar-refractivity contribution in [3.63, 3.8) is 0 Å². The smallest absolute Gasteiger partial charge is 0.237 e. The zero-order valence-electron chi connectivity index (χ0n) is 12.7. The molecular formula is C17H25N3O. The standard InChI is InChI=1S/C17H25N3O/c18-10-15-5-2-6-20(15)16(21)11-19-17-8-12-3-1-4-14(17)7-13(12)9-17/h12-15,19H,1-9,11H2/t12?,13?,14?,15-,17?/m0/s1. The van der Waals surface area contributed by atoms with Gasteiger partial charge in [0.25, 0.3) is 0 Å². The third-order valence-corrected chi connectivity index (χ3v) is 6.73. The largest absolute Gasteiger partial charge is 0.326 e. The number of hydrogen-bond acceptors (Lipinski definition) is 3. The van der Waals surface area contributed by atoms with E-state index in [-0.39, 0.29) is 17.5 Å². The highest BCUT2D eigenvalue weighted by Gasteiger charge is 2.57. The van der Waals surface area contributed by atoms with E-state index >= 15 is 0 Å². The van der Waals surface area contributed by atoms with Gasteiger partial charge in [-0.05, 0) is 56.3 Å². The predicted molar refractivity (Wildman–Crippen MR) is 79.3 cm³/mol. The number of nitrogens with one attached hydrogen (secondary N) is 1. The fourth-order valence-corrected chi connectivity index (χ4v) is 5.75. The lowest BCUT2D eigenvalue weighted by Gasteiger charge is -2.36. The zero-order chi connectivity index (χ0) is 14.4. The summed E-state index contributed by atoms with van der Waals surface area (Å²) in [4.78, 5) is 14.2. The Morgan fingerprint density at radius 2 is 2.10 bits per heavy atom. The quantitative estimate of drug-likeness (QED) is 0.864. The van der Waals surface area contributed by atoms with Gasteiger partial charge in [-0.1, -0.05) is 12.8 Å². The highest BCUT2D eigenvalue weighted by Crippen LogP contribution is 2.59. The van der Waals surface area contributed by atoms with Gasteiger partial charge in [0, 0.05) is 12.1 Å². The van der Waals surface area contributed by atoms with Crippen LogP contribution in [0.2, 0.25) is 0 Å². The van der Waals surface area contributed by atoms with E-state index in [2.05, 4.69) is 11.4 Å². The maximum atomic E-state index is 12.4. The van der Waals surface area contributed by atoms with Crippen LogP contribution in [0.25, 0.3) is 0 Å². The Morgan fingerprint density at radius 1 is 1.24 bits per heavy atom. The lowest BCUT2D eigenvalue weighted by Crippen LogP contribution is -2.52. The molecule has 1 saturated heterocycles. The molecule has 4 unspecified atom stereocenters. The molecule has 1 N–H and O–H groups in total. The fourth-order valence-electron chi connectivity index (χ4n) is 5.75. The van der Waals surface area contributed by atoms with Crippen molar-refractivity contribution in [1.29, 1.82) is 5.26 Å². The average molecular weight is 287 g/mol. The average Bonchev–Trinajstić information content (AvgIpc) is 3.11. The van der Waals surface area contributed by atoms with Crippen LogP contribution in [0.5, 0.6) is 0 Å². The van der Waals surface area contributed by atoms with E-state index in [1.807, 2.05) is 0 Å². The molecule has 5 rings (SSSR count). The van der Waals surface area contributed by atoms with Crippen molar-refractivity contribution in [3.05, 3.63) is 0 Å². The second-order valence-electron chi connectivity index (χ2n) is 7.68. The first-order chi connectivity index (χ1) is 10.2. The topological polar surface area (TPSA) is 56.1 Å². The third kappa shape index (κ3) is 2.09. The van der Waals surface area contributed by atoms with Gasteiger partial charge in [0.1, 0.15) is 6.04 Å². The molecule has 1 heterocycles. The Kier molecular flexibility index (Phi) is 3.22. The lowest BCUT2D eigenvalue weighted by atomic mass is 9.79. The Bertz CT molecular complexity index is 485. The summed E-state index contributed by atoms with van der Waals surface area (Å²) in [5, 5.41) is 12.8. The maximum absolute atomic E-state index is 12.4. The zero-order valence-corrected chi connectivity index (χ0v) is 12.7. The number of carbonyl (C=O) groups excluding carboxylic acids is 1. The first-order valence-corrected chi connectivity index (χ1v) is 8.66. The van der Waals surface area contributed by atoms with Gasteiger partial charge in [-0.15, -0.1) is 0 Å². The highest BCUT2D eigenvalue weighted by molar-refractivity contribution is 5.79. The minimum atomic E-state index is -0.184. The Morgan fingerprint density at radius 3 is 2.95 bits per heavy atom. The number of amides is 1. The summed E-state index contributed by atoms with van der Waals surface area (Å²) in [5.41, 5.74) is 0.253. The molecule has 0 aromatic rings. The van der Waals surface area contributed by atoms with Gasteiger partial charge in [0.05, 0.1) is 12.6 Å². The molecule has 4 saturated carbocycles. The number of likely N-dealkylation sites (tertiary alicyclic amines) is 1. The van der Waals surface area contributed by atoms with E-state index in [0.29, 0.717) is 6.54 Å². The van der Waals surface area contributed by atoms with Crippen LogP contribution < -0.4 is 5.32 Å². The molecule has 114 valence electrons. The summed E-state index contributed by atoms with van der Waals surface area (Å²) in [5.74, 6) is 2.75. The van der Waals surface area contributed by atoms with Crippen molar-refractivity contribution < 1.29 is 4.79 Å². The van der Waals surface area contributed by atoms with E-state index < -0.39 is 0 Å². The monoisotopic (exact) mass is 287 g/mol. The molecule has 0 aromatic heterocycles. The van der Waals surface area contributed by atoms with Crippen molar-refractivity contribution in [3.8, 4) is 6.07 Å². The second-order valence-corrected chi connectivity index (χ2v) is 7.68. The molecule has 0 spiro atoms. The number of nitrogens with zero attached hydrogens (tertiary/aromatic N) is 2. The molecule has 4 aliphatic carbocycles. The van der Waals surface area contributed by atoms with Crippen LogP contribution in [0.3, 0.4) is 0 Å². The molecule has 0 aromatic carbocycles. The van der Waals surface area contributed by atoms with Crippen molar-refractivity contribution in [2.45, 2.75) is 62.9 Å². The molecule has 4 nitrogen and oxygen atoms in total. The molecule has 5 aliphatic rings. The number of carbonyl (C=O) groups is 1. The molecule has 4 heteroatoms. The summed E-state index contributed by atoms with van der Waals surface area (Å²) in [6.07, 6.45) is 9.92. The number of rotatable bonds is 3. The van der Waals surface area contributed by atoms with Gasteiger partial charge < -0.3 is 10.2 Å². The third-order valence-electron chi connectivity index (χ3n) is 6.73. The van der Waals surface area contributed by atoms with Gasteiger partial charge in [-0.25, -0.2) is 0 Å². The van der Waals surface area contributed by atoms with Gasteiger partial charge >= 0.3 is 0 Å². The first kappa shape index (κ1) is 13.6. The second kappa shape index (κ2) is 4.98. The molecule has 1 aliphatic heterocycles. The van der Waals surface area contributed by atoms with Crippen molar-refractivity contribution in [2.75, 3.05) is 13.1 Å². The maximum Gasteiger partial charge on any atom is 0.237 e. The van der Waals surface area contributed by atoms with E-state index in [1.165, 1.54) is 38.5 Å². The molecular weight excluding hydrogens is 262 g/mol. The van der Waals surface area contributed by atoms with Gasteiger partial charge in [-0.3, -0.25) is 4.79 Å². The van der Waals surface area contributed by atoms with E-state index in [1.54, 1.807) is 4.90 Å². The van der Waals surface area contributed by atoms with Crippen LogP contribution in [0.4, 0.5) is 0 Å². The van der Waals surface area contributed by atoms with Crippen LogP contribution in [0.1, 0.15) is 51.4 Å². The minimum absolute atomic E-state index is 0.137. The van der Waals surface area contributed by atoms with E-state index in [4.69, 9.17) is 5.26 Å². The molecule has 0 radical (unpaired) electrons. The fraction of sp³-hybridized carbons (Fsp3) is 0.882. The summed E-state index contributed by atoms with van der Waals surface area (Å²) in [7, 11) is 0. The van der Waals surface area contributed by atoms with E-state index in [0.717, 1.165) is 37.1 Å². The summed E-state index contributed by atoms with van der Waals surface area (Å²) in [6.45, 7) is 1.20. The Labute approximate surface area is 126 Å². The summed E-state index contributed by atoms with van der Waals surface area (Å²) < 4.78 is 0.